The summed E-state index contributed by atoms with van der Waals surface area (Å²) < 4.78 is 22.1. The lowest BCUT2D eigenvalue weighted by atomic mass is 10.1. The van der Waals surface area contributed by atoms with Gasteiger partial charge in [0.25, 0.3) is 5.56 Å². The van der Waals surface area contributed by atoms with Crippen molar-refractivity contribution in [2.24, 2.45) is 0 Å². The Morgan fingerprint density at radius 3 is 2.44 bits per heavy atom. The number of nitrogens with zero attached hydrogens (tertiary/aromatic N) is 2. The van der Waals surface area contributed by atoms with Crippen LogP contribution in [0.3, 0.4) is 0 Å². The van der Waals surface area contributed by atoms with Crippen LogP contribution in [0.2, 0.25) is 0 Å². The van der Waals surface area contributed by atoms with Crippen molar-refractivity contribution in [2.75, 3.05) is 20.8 Å². The Morgan fingerprint density at radius 1 is 0.971 bits per heavy atom. The molecule has 0 unspecified atom stereocenters. The van der Waals surface area contributed by atoms with Gasteiger partial charge in [0.1, 0.15) is 11.5 Å². The maximum absolute atomic E-state index is 12.2. The van der Waals surface area contributed by atoms with Crippen LogP contribution in [0.25, 0.3) is 22.7 Å². The number of thioether (sulfide) groups is 1. The van der Waals surface area contributed by atoms with Gasteiger partial charge < -0.3 is 23.6 Å². The van der Waals surface area contributed by atoms with Crippen molar-refractivity contribution in [3.8, 4) is 40.0 Å². The normalized spacial score (nSPS) is 10.8. The molecule has 0 aliphatic heterocycles. The zero-order valence-corrected chi connectivity index (χ0v) is 20.2. The number of benzene rings is 2. The van der Waals surface area contributed by atoms with Crippen molar-refractivity contribution in [1.29, 1.82) is 0 Å². The fraction of sp³-hybridized carbons (Fsp3) is 0.240. The molecular weight excluding hydrogens is 454 g/mol. The lowest BCUT2D eigenvalue weighted by molar-refractivity contribution is 0.311. The minimum Gasteiger partial charge on any atom is -0.497 e. The molecule has 0 fully saturated rings. The van der Waals surface area contributed by atoms with Crippen LogP contribution in [0.5, 0.6) is 17.2 Å². The predicted octanol–water partition coefficient (Wildman–Crippen LogP) is 5.11. The second-order valence-electron chi connectivity index (χ2n) is 7.27. The zero-order valence-electron chi connectivity index (χ0n) is 19.4. The van der Waals surface area contributed by atoms with Crippen LogP contribution in [-0.2, 0) is 5.75 Å². The molecule has 0 bridgehead atoms. The van der Waals surface area contributed by atoms with Crippen molar-refractivity contribution < 1.29 is 18.6 Å². The van der Waals surface area contributed by atoms with Crippen molar-refractivity contribution in [3.63, 3.8) is 0 Å². The van der Waals surface area contributed by atoms with E-state index in [0.717, 1.165) is 22.6 Å². The average Bonchev–Trinajstić information content (AvgIpc) is 3.23. The zero-order chi connectivity index (χ0) is 24.1. The minimum atomic E-state index is -0.220. The van der Waals surface area contributed by atoms with Crippen LogP contribution in [0, 0.1) is 6.92 Å². The van der Waals surface area contributed by atoms with Gasteiger partial charge in [-0.15, -0.1) is 0 Å². The van der Waals surface area contributed by atoms with E-state index in [-0.39, 0.29) is 5.56 Å². The number of aromatic amines is 1. The number of aromatic nitrogens is 3. The predicted molar refractivity (Wildman–Crippen MR) is 131 cm³/mol. The van der Waals surface area contributed by atoms with Crippen LogP contribution in [0.4, 0.5) is 0 Å². The molecular formula is C25H25N3O5S. The number of rotatable bonds is 9. The molecule has 4 rings (SSSR count). The van der Waals surface area contributed by atoms with Gasteiger partial charge in [0.05, 0.1) is 32.2 Å². The van der Waals surface area contributed by atoms with Crippen LogP contribution >= 0.6 is 11.8 Å². The van der Waals surface area contributed by atoms with E-state index in [0.29, 0.717) is 46.4 Å². The molecule has 9 heteroatoms. The van der Waals surface area contributed by atoms with E-state index in [1.807, 2.05) is 56.3 Å². The number of ether oxygens (including phenoxy) is 3. The number of hydrogen-bond acceptors (Lipinski definition) is 8. The number of oxazole rings is 1. The first-order chi connectivity index (χ1) is 16.5. The Labute approximate surface area is 201 Å². The Morgan fingerprint density at radius 2 is 1.74 bits per heavy atom. The third kappa shape index (κ3) is 5.26. The number of methoxy groups -OCH3 is 2. The molecule has 34 heavy (non-hydrogen) atoms. The summed E-state index contributed by atoms with van der Waals surface area (Å²) in [6, 6.07) is 14.4. The van der Waals surface area contributed by atoms with Crippen LogP contribution in [0.15, 0.2) is 62.9 Å². The second kappa shape index (κ2) is 10.5. The van der Waals surface area contributed by atoms with Crippen molar-refractivity contribution in [1.82, 2.24) is 15.0 Å². The third-order valence-corrected chi connectivity index (χ3v) is 5.94. The average molecular weight is 480 g/mol. The van der Waals surface area contributed by atoms with E-state index in [1.54, 1.807) is 14.2 Å². The van der Waals surface area contributed by atoms with E-state index in [9.17, 15) is 4.79 Å². The van der Waals surface area contributed by atoms with Gasteiger partial charge in [-0.1, -0.05) is 11.8 Å². The lowest BCUT2D eigenvalue weighted by Crippen LogP contribution is -2.08. The second-order valence-corrected chi connectivity index (χ2v) is 8.24. The topological polar surface area (TPSA) is 99.5 Å². The molecule has 0 aliphatic rings. The van der Waals surface area contributed by atoms with E-state index < -0.39 is 0 Å². The molecule has 2 aromatic carbocycles. The highest BCUT2D eigenvalue weighted by Gasteiger charge is 2.15. The van der Waals surface area contributed by atoms with Gasteiger partial charge in [-0.2, -0.15) is 0 Å². The van der Waals surface area contributed by atoms with Gasteiger partial charge in [0.2, 0.25) is 5.89 Å². The summed E-state index contributed by atoms with van der Waals surface area (Å²) in [6.45, 7) is 4.33. The monoisotopic (exact) mass is 479 g/mol. The Balaban J connectivity index is 1.53. The lowest BCUT2D eigenvalue weighted by Gasteiger charge is -2.09. The highest BCUT2D eigenvalue weighted by Crippen LogP contribution is 2.33. The summed E-state index contributed by atoms with van der Waals surface area (Å²) in [5.41, 5.74) is 2.76. The molecule has 0 spiro atoms. The largest absolute Gasteiger partial charge is 0.497 e. The minimum absolute atomic E-state index is 0.220. The standard InChI is InChI=1S/C25H25N3O5S/c1-5-32-21-11-8-17(12-22(21)31-4)24-26-20(15(2)33-24)14-34-25-27-19(13-23(29)28-25)16-6-9-18(30-3)10-7-16/h6-13H,5,14H2,1-4H3,(H,27,28,29). The Bertz CT molecular complexity index is 1330. The van der Waals surface area contributed by atoms with Gasteiger partial charge >= 0.3 is 0 Å². The molecule has 4 aromatic rings. The SMILES string of the molecule is CCOc1ccc(-c2nc(CSc3nc(-c4ccc(OC)cc4)cc(=O)[nH]3)c(C)o2)cc1OC. The summed E-state index contributed by atoms with van der Waals surface area (Å²) in [4.78, 5) is 24.3. The number of aryl methyl sites for hydroxylation is 1. The van der Waals surface area contributed by atoms with E-state index >= 15 is 0 Å². The van der Waals surface area contributed by atoms with Crippen molar-refractivity contribution in [2.45, 2.75) is 24.8 Å². The maximum Gasteiger partial charge on any atom is 0.252 e. The molecule has 0 radical (unpaired) electrons. The van der Waals surface area contributed by atoms with Gasteiger partial charge in [-0.25, -0.2) is 9.97 Å². The molecule has 1 N–H and O–H groups in total. The van der Waals surface area contributed by atoms with Crippen molar-refractivity contribution in [3.05, 3.63) is 70.3 Å². The van der Waals surface area contributed by atoms with Crippen LogP contribution in [0.1, 0.15) is 18.4 Å². The fourth-order valence-corrected chi connectivity index (χ4v) is 4.19. The summed E-state index contributed by atoms with van der Waals surface area (Å²) >= 11 is 1.39. The van der Waals surface area contributed by atoms with Gasteiger partial charge in [0, 0.05) is 22.9 Å². The van der Waals surface area contributed by atoms with Crippen LogP contribution in [-0.4, -0.2) is 35.8 Å². The molecule has 176 valence electrons. The quantitative estimate of drug-likeness (QED) is 0.261. The first-order valence-electron chi connectivity index (χ1n) is 10.7. The number of hydrogen-bond donors (Lipinski definition) is 1. The number of nitrogens with one attached hydrogen (secondary N) is 1. The first kappa shape index (κ1) is 23.4. The highest BCUT2D eigenvalue weighted by molar-refractivity contribution is 7.98. The van der Waals surface area contributed by atoms with Crippen molar-refractivity contribution >= 4 is 11.8 Å². The summed E-state index contributed by atoms with van der Waals surface area (Å²) in [6.07, 6.45) is 0. The molecule has 0 amide bonds. The Kier molecular flexibility index (Phi) is 7.22. The number of H-pyrrole nitrogens is 1. The van der Waals surface area contributed by atoms with Crippen LogP contribution < -0.4 is 19.8 Å². The smallest absolute Gasteiger partial charge is 0.252 e. The Hall–Kier alpha value is -3.72. The molecule has 0 aliphatic carbocycles. The van der Waals surface area contributed by atoms with E-state index in [4.69, 9.17) is 18.6 Å². The van der Waals surface area contributed by atoms with E-state index in [2.05, 4.69) is 15.0 Å². The highest BCUT2D eigenvalue weighted by atomic mass is 32.2. The molecule has 2 heterocycles. The van der Waals surface area contributed by atoms with E-state index in [1.165, 1.54) is 17.8 Å². The fourth-order valence-electron chi connectivity index (χ4n) is 3.31. The molecule has 8 nitrogen and oxygen atoms in total. The van der Waals surface area contributed by atoms with Gasteiger partial charge in [-0.3, -0.25) is 4.79 Å². The van der Waals surface area contributed by atoms with Gasteiger partial charge in [0.15, 0.2) is 16.7 Å². The third-order valence-electron chi connectivity index (χ3n) is 5.05. The first-order valence-corrected chi connectivity index (χ1v) is 11.7. The summed E-state index contributed by atoms with van der Waals surface area (Å²) in [5.74, 6) is 3.69. The molecule has 0 saturated carbocycles. The summed E-state index contributed by atoms with van der Waals surface area (Å²) in [5, 5.41) is 0.505. The molecule has 0 saturated heterocycles. The molecule has 0 atom stereocenters. The molecule has 2 aromatic heterocycles. The summed E-state index contributed by atoms with van der Waals surface area (Å²) in [7, 11) is 3.21. The maximum atomic E-state index is 12.2. The van der Waals surface area contributed by atoms with Gasteiger partial charge in [-0.05, 0) is 56.3 Å².